The summed E-state index contributed by atoms with van der Waals surface area (Å²) >= 11 is 0. The molecule has 0 bridgehead atoms. The number of carbonyl (C=O) groups is 2. The molecule has 0 saturated carbocycles. The molecular weight excluding hydrogens is 192 g/mol. The highest BCUT2D eigenvalue weighted by Crippen LogP contribution is 2.31. The molecule has 0 fully saturated rings. The van der Waals surface area contributed by atoms with E-state index in [1.807, 2.05) is 12.1 Å². The molecule has 3 nitrogen and oxygen atoms in total. The van der Waals surface area contributed by atoms with Crippen LogP contribution >= 0.6 is 0 Å². The van der Waals surface area contributed by atoms with Crippen LogP contribution < -0.4 is 0 Å². The molecule has 1 heterocycles. The first-order chi connectivity index (χ1) is 7.15. The van der Waals surface area contributed by atoms with E-state index in [-0.39, 0.29) is 0 Å². The van der Waals surface area contributed by atoms with Crippen LogP contribution in [0.1, 0.15) is 38.8 Å². The summed E-state index contributed by atoms with van der Waals surface area (Å²) in [7, 11) is 0. The van der Waals surface area contributed by atoms with Crippen LogP contribution in [0.5, 0.6) is 0 Å². The molecule has 0 amide bonds. The molecule has 0 atom stereocenters. The van der Waals surface area contributed by atoms with Gasteiger partial charge in [-0.3, -0.25) is 0 Å². The van der Waals surface area contributed by atoms with E-state index in [9.17, 15) is 9.59 Å². The lowest BCUT2D eigenvalue weighted by atomic mass is 10.0. The van der Waals surface area contributed by atoms with Crippen LogP contribution in [0.15, 0.2) is 12.1 Å². The van der Waals surface area contributed by atoms with E-state index in [0.29, 0.717) is 17.0 Å². The van der Waals surface area contributed by atoms with E-state index in [1.165, 1.54) is 11.1 Å². The van der Waals surface area contributed by atoms with Crippen molar-refractivity contribution in [3.63, 3.8) is 0 Å². The molecule has 0 aromatic heterocycles. The second-order valence-corrected chi connectivity index (χ2v) is 4.36. The number of ether oxygens (including phenoxy) is 1. The van der Waals surface area contributed by atoms with E-state index >= 15 is 0 Å². The maximum Gasteiger partial charge on any atom is 0.346 e. The van der Waals surface area contributed by atoms with Crippen LogP contribution in [0.3, 0.4) is 0 Å². The number of benzene rings is 1. The Bertz CT molecular complexity index is 445. The Balaban J connectivity index is 2.19. The number of rotatable bonds is 0. The third-order valence-electron chi connectivity index (χ3n) is 3.10. The van der Waals surface area contributed by atoms with Crippen molar-refractivity contribution in [2.45, 2.75) is 19.8 Å². The van der Waals surface area contributed by atoms with Crippen molar-refractivity contribution in [3.05, 3.63) is 34.4 Å². The lowest BCUT2D eigenvalue weighted by Crippen LogP contribution is -1.97. The lowest BCUT2D eigenvalue weighted by Gasteiger charge is -1.99. The molecule has 0 spiro atoms. The molecule has 1 aromatic rings. The van der Waals surface area contributed by atoms with Crippen molar-refractivity contribution in [3.8, 4) is 0 Å². The van der Waals surface area contributed by atoms with Crippen molar-refractivity contribution in [2.24, 2.45) is 5.92 Å². The molecule has 0 radical (unpaired) electrons. The van der Waals surface area contributed by atoms with Gasteiger partial charge in [0.2, 0.25) is 0 Å². The third-order valence-corrected chi connectivity index (χ3v) is 3.10. The van der Waals surface area contributed by atoms with Crippen molar-refractivity contribution >= 4 is 11.9 Å². The second-order valence-electron chi connectivity index (χ2n) is 4.36. The van der Waals surface area contributed by atoms with Crippen LogP contribution in [-0.4, -0.2) is 11.9 Å². The van der Waals surface area contributed by atoms with Crippen LogP contribution in [0.2, 0.25) is 0 Å². The predicted molar refractivity (Wildman–Crippen MR) is 52.8 cm³/mol. The Labute approximate surface area is 87.0 Å². The van der Waals surface area contributed by atoms with Gasteiger partial charge in [0.05, 0.1) is 11.1 Å². The summed E-state index contributed by atoms with van der Waals surface area (Å²) < 4.78 is 4.56. The highest BCUT2D eigenvalue weighted by molar-refractivity contribution is 6.14. The molecule has 1 aromatic carbocycles. The van der Waals surface area contributed by atoms with Gasteiger partial charge in [-0.25, -0.2) is 9.59 Å². The smallest absolute Gasteiger partial charge is 0.346 e. The van der Waals surface area contributed by atoms with E-state index < -0.39 is 11.9 Å². The molecule has 76 valence electrons. The van der Waals surface area contributed by atoms with Gasteiger partial charge in [0.25, 0.3) is 0 Å². The zero-order chi connectivity index (χ0) is 10.6. The van der Waals surface area contributed by atoms with E-state index in [4.69, 9.17) is 0 Å². The highest BCUT2D eigenvalue weighted by Gasteiger charge is 2.32. The van der Waals surface area contributed by atoms with Gasteiger partial charge in [0.1, 0.15) is 0 Å². The summed E-state index contributed by atoms with van der Waals surface area (Å²) in [6.45, 7) is 2.17. The third kappa shape index (κ3) is 1.12. The molecule has 0 saturated heterocycles. The maximum atomic E-state index is 11.3. The van der Waals surface area contributed by atoms with Gasteiger partial charge in [-0.2, -0.15) is 0 Å². The van der Waals surface area contributed by atoms with Crippen molar-refractivity contribution in [1.82, 2.24) is 0 Å². The molecule has 0 N–H and O–H groups in total. The van der Waals surface area contributed by atoms with Crippen molar-refractivity contribution in [2.75, 3.05) is 0 Å². The topological polar surface area (TPSA) is 43.4 Å². The van der Waals surface area contributed by atoms with Gasteiger partial charge in [-0.1, -0.05) is 6.92 Å². The average molecular weight is 202 g/mol. The van der Waals surface area contributed by atoms with Gasteiger partial charge in [-0.15, -0.1) is 0 Å². The van der Waals surface area contributed by atoms with Gasteiger partial charge >= 0.3 is 11.9 Å². The standard InChI is InChI=1S/C12H10O3/c1-6-2-7-4-9-10(5-8(7)3-6)12(14)15-11(9)13/h4-6H,2-3H2,1H3. The Morgan fingerprint density at radius 3 is 2.00 bits per heavy atom. The Kier molecular flexibility index (Phi) is 1.55. The Hall–Kier alpha value is -1.64. The fourth-order valence-electron chi connectivity index (χ4n) is 2.42. The number of hydrogen-bond donors (Lipinski definition) is 0. The summed E-state index contributed by atoms with van der Waals surface area (Å²) in [5.74, 6) is -0.400. The van der Waals surface area contributed by atoms with Crippen LogP contribution in [0, 0.1) is 5.92 Å². The van der Waals surface area contributed by atoms with E-state index in [0.717, 1.165) is 12.8 Å². The predicted octanol–water partition coefficient (Wildman–Crippen LogP) is 1.73. The number of carbonyl (C=O) groups excluding carboxylic acids is 2. The molecular formula is C12H10O3. The quantitative estimate of drug-likeness (QED) is 0.475. The van der Waals surface area contributed by atoms with Gasteiger partial charge in [0.15, 0.2) is 0 Å². The molecule has 0 unspecified atom stereocenters. The van der Waals surface area contributed by atoms with Crippen molar-refractivity contribution < 1.29 is 14.3 Å². The minimum atomic E-state index is -0.502. The average Bonchev–Trinajstić information content (AvgIpc) is 2.65. The number of hydrogen-bond acceptors (Lipinski definition) is 3. The molecule has 1 aliphatic heterocycles. The maximum absolute atomic E-state index is 11.3. The molecule has 2 aliphatic rings. The molecule has 1 aliphatic carbocycles. The summed E-state index contributed by atoms with van der Waals surface area (Å²) in [6, 6.07) is 3.64. The second kappa shape index (κ2) is 2.69. The Morgan fingerprint density at radius 2 is 1.53 bits per heavy atom. The minimum Gasteiger partial charge on any atom is -0.386 e. The Morgan fingerprint density at radius 1 is 1.07 bits per heavy atom. The zero-order valence-corrected chi connectivity index (χ0v) is 8.37. The summed E-state index contributed by atoms with van der Waals surface area (Å²) in [5, 5.41) is 0. The molecule has 3 heteroatoms. The normalized spacial score (nSPS) is 19.0. The summed E-state index contributed by atoms with van der Waals surface area (Å²) in [4.78, 5) is 22.6. The van der Waals surface area contributed by atoms with Gasteiger partial charge in [-0.05, 0) is 42.0 Å². The highest BCUT2D eigenvalue weighted by atomic mass is 16.6. The largest absolute Gasteiger partial charge is 0.386 e. The lowest BCUT2D eigenvalue weighted by molar-refractivity contribution is 0.0443. The van der Waals surface area contributed by atoms with Crippen LogP contribution in [0.4, 0.5) is 0 Å². The minimum absolute atomic E-state index is 0.438. The van der Waals surface area contributed by atoms with E-state index in [1.54, 1.807) is 0 Å². The number of cyclic esters (lactones) is 2. The first-order valence-electron chi connectivity index (χ1n) is 5.07. The van der Waals surface area contributed by atoms with E-state index in [2.05, 4.69) is 11.7 Å². The summed E-state index contributed by atoms with van der Waals surface area (Å²) in [6.07, 6.45) is 1.98. The number of esters is 2. The summed E-state index contributed by atoms with van der Waals surface area (Å²) in [5.41, 5.74) is 3.25. The van der Waals surface area contributed by atoms with Gasteiger partial charge in [0, 0.05) is 0 Å². The van der Waals surface area contributed by atoms with Crippen LogP contribution in [-0.2, 0) is 17.6 Å². The molecule has 3 rings (SSSR count). The van der Waals surface area contributed by atoms with Crippen molar-refractivity contribution in [1.29, 1.82) is 0 Å². The molecule has 15 heavy (non-hydrogen) atoms. The van der Waals surface area contributed by atoms with Gasteiger partial charge < -0.3 is 4.74 Å². The monoisotopic (exact) mass is 202 g/mol. The first-order valence-corrected chi connectivity index (χ1v) is 5.07. The fraction of sp³-hybridized carbons (Fsp3) is 0.333. The first kappa shape index (κ1) is 8.65. The SMILES string of the molecule is CC1Cc2cc3c(cc2C1)C(=O)OC3=O. The zero-order valence-electron chi connectivity index (χ0n) is 8.37. The van der Waals surface area contributed by atoms with Crippen LogP contribution in [0.25, 0.3) is 0 Å². The number of fused-ring (bicyclic) bond motifs is 2. The fourth-order valence-corrected chi connectivity index (χ4v) is 2.42.